The van der Waals surface area contributed by atoms with Gasteiger partial charge in [0.1, 0.15) is 5.75 Å². The molecule has 2 heterocycles. The van der Waals surface area contributed by atoms with E-state index in [0.717, 1.165) is 40.1 Å². The Labute approximate surface area is 202 Å². The van der Waals surface area contributed by atoms with E-state index in [2.05, 4.69) is 4.98 Å². The van der Waals surface area contributed by atoms with Gasteiger partial charge >= 0.3 is 0 Å². The Bertz CT molecular complexity index is 1180. The summed E-state index contributed by atoms with van der Waals surface area (Å²) in [5.41, 5.74) is 2.83. The molecule has 1 amide bonds. The van der Waals surface area contributed by atoms with Gasteiger partial charge in [-0.1, -0.05) is 35.1 Å². The van der Waals surface area contributed by atoms with Crippen molar-refractivity contribution in [2.75, 3.05) is 18.6 Å². The zero-order valence-corrected chi connectivity index (χ0v) is 20.2. The van der Waals surface area contributed by atoms with Gasteiger partial charge in [0.05, 0.1) is 30.1 Å². The lowest BCUT2D eigenvalue weighted by molar-refractivity contribution is -0.118. The van der Waals surface area contributed by atoms with Gasteiger partial charge in [-0.2, -0.15) is 0 Å². The van der Waals surface area contributed by atoms with Crippen LogP contribution in [0.1, 0.15) is 17.5 Å². The van der Waals surface area contributed by atoms with Crippen molar-refractivity contribution in [3.8, 4) is 5.75 Å². The van der Waals surface area contributed by atoms with Gasteiger partial charge in [-0.05, 0) is 48.7 Å². The van der Waals surface area contributed by atoms with E-state index in [9.17, 15) is 4.79 Å². The van der Waals surface area contributed by atoms with Gasteiger partial charge in [0.25, 0.3) is 0 Å². The number of aromatic nitrogens is 3. The predicted octanol–water partition coefficient (Wildman–Crippen LogP) is 5.55. The van der Waals surface area contributed by atoms with Gasteiger partial charge in [0.2, 0.25) is 5.91 Å². The maximum Gasteiger partial charge on any atom is 0.233 e. The third-order valence-corrected chi connectivity index (χ3v) is 6.29. The third-order valence-electron chi connectivity index (χ3n) is 5.04. The lowest BCUT2D eigenvalue weighted by atomic mass is 10.1. The minimum absolute atomic E-state index is 0. The zero-order valence-electron chi connectivity index (χ0n) is 17.8. The molecule has 9 heteroatoms. The van der Waals surface area contributed by atoms with Crippen molar-refractivity contribution in [1.82, 2.24) is 14.5 Å². The number of amides is 1. The summed E-state index contributed by atoms with van der Waals surface area (Å²) in [4.78, 5) is 24.0. The smallest absolute Gasteiger partial charge is 0.233 e. The largest absolute Gasteiger partial charge is 0.497 e. The van der Waals surface area contributed by atoms with E-state index in [1.165, 1.54) is 11.3 Å². The number of thiazole rings is 1. The maximum atomic E-state index is 13.3. The first-order valence-corrected chi connectivity index (χ1v) is 11.2. The first-order chi connectivity index (χ1) is 15.0. The van der Waals surface area contributed by atoms with Crippen LogP contribution in [0.4, 0.5) is 5.13 Å². The Morgan fingerprint density at radius 2 is 2.03 bits per heavy atom. The van der Waals surface area contributed by atoms with E-state index >= 15 is 0 Å². The van der Waals surface area contributed by atoms with Gasteiger partial charge in [-0.3, -0.25) is 9.69 Å². The predicted molar refractivity (Wildman–Crippen MR) is 133 cm³/mol. The van der Waals surface area contributed by atoms with Crippen molar-refractivity contribution in [3.63, 3.8) is 0 Å². The Hall–Kier alpha value is -2.61. The van der Waals surface area contributed by atoms with Crippen molar-refractivity contribution in [2.24, 2.45) is 0 Å². The summed E-state index contributed by atoms with van der Waals surface area (Å²) in [6, 6.07) is 11.4. The average molecular weight is 491 g/mol. The summed E-state index contributed by atoms with van der Waals surface area (Å²) in [6.07, 6.45) is 6.55. The molecule has 0 atom stereocenters. The van der Waals surface area contributed by atoms with Crippen molar-refractivity contribution in [2.45, 2.75) is 26.3 Å². The van der Waals surface area contributed by atoms with Crippen molar-refractivity contribution < 1.29 is 9.53 Å². The number of nitrogens with zero attached hydrogens (tertiary/aromatic N) is 4. The number of hydrogen-bond acceptors (Lipinski definition) is 5. The molecule has 2 aromatic carbocycles. The summed E-state index contributed by atoms with van der Waals surface area (Å²) in [5.74, 6) is 0.783. The number of aryl methyl sites for hydroxylation is 2. The molecule has 0 aliphatic carbocycles. The molecular weight excluding hydrogens is 467 g/mol. The number of imidazole rings is 1. The third kappa shape index (κ3) is 5.59. The fourth-order valence-electron chi connectivity index (χ4n) is 3.43. The SMILES string of the molecule is COc1ccc(CC(=O)N(CCCn2ccnc2)c2nc3c(C)cc(Cl)cc3s2)cc1.Cl. The average Bonchev–Trinajstić information content (AvgIpc) is 3.41. The number of rotatable bonds is 8. The van der Waals surface area contributed by atoms with Crippen molar-refractivity contribution >= 4 is 56.6 Å². The second-order valence-electron chi connectivity index (χ2n) is 7.29. The zero-order chi connectivity index (χ0) is 21.8. The van der Waals surface area contributed by atoms with Crippen LogP contribution in [-0.2, 0) is 17.8 Å². The Balaban J connectivity index is 0.00000289. The molecule has 0 aliphatic heterocycles. The number of benzene rings is 2. The van der Waals surface area contributed by atoms with Crippen LogP contribution in [0.25, 0.3) is 10.2 Å². The van der Waals surface area contributed by atoms with Gasteiger partial charge in [-0.25, -0.2) is 9.97 Å². The molecule has 0 saturated carbocycles. The molecule has 4 aromatic rings. The molecule has 0 fully saturated rings. The Morgan fingerprint density at radius 1 is 1.25 bits per heavy atom. The van der Waals surface area contributed by atoms with Gasteiger partial charge < -0.3 is 9.30 Å². The molecule has 6 nitrogen and oxygen atoms in total. The number of methoxy groups -OCH3 is 1. The number of carbonyl (C=O) groups excluding carboxylic acids is 1. The van der Waals surface area contributed by atoms with Crippen LogP contribution >= 0.6 is 35.3 Å². The van der Waals surface area contributed by atoms with Crippen LogP contribution in [0.2, 0.25) is 5.02 Å². The summed E-state index contributed by atoms with van der Waals surface area (Å²) >= 11 is 7.72. The molecule has 0 saturated heterocycles. The lowest BCUT2D eigenvalue weighted by Crippen LogP contribution is -2.33. The highest BCUT2D eigenvalue weighted by Crippen LogP contribution is 2.33. The number of fused-ring (bicyclic) bond motifs is 1. The van der Waals surface area contributed by atoms with E-state index in [-0.39, 0.29) is 18.3 Å². The van der Waals surface area contributed by atoms with Crippen LogP contribution in [0.5, 0.6) is 5.75 Å². The number of carbonyl (C=O) groups is 1. The Kier molecular flexibility index (Phi) is 8.12. The minimum Gasteiger partial charge on any atom is -0.497 e. The topological polar surface area (TPSA) is 60.2 Å². The maximum absolute atomic E-state index is 13.3. The first-order valence-electron chi connectivity index (χ1n) is 9.99. The molecule has 0 radical (unpaired) electrons. The molecule has 168 valence electrons. The van der Waals surface area contributed by atoms with Crippen LogP contribution in [0, 0.1) is 6.92 Å². The number of anilines is 1. The fourth-order valence-corrected chi connectivity index (χ4v) is 4.89. The number of ether oxygens (including phenoxy) is 1. The summed E-state index contributed by atoms with van der Waals surface area (Å²) in [7, 11) is 1.63. The van der Waals surface area contributed by atoms with E-state index in [1.807, 2.05) is 54.1 Å². The van der Waals surface area contributed by atoms with E-state index in [0.29, 0.717) is 23.1 Å². The second-order valence-corrected chi connectivity index (χ2v) is 8.74. The van der Waals surface area contributed by atoms with Gasteiger partial charge in [-0.15, -0.1) is 12.4 Å². The number of halogens is 2. The molecule has 0 aliphatic rings. The molecule has 0 unspecified atom stereocenters. The second kappa shape index (κ2) is 10.8. The van der Waals surface area contributed by atoms with Crippen molar-refractivity contribution in [3.05, 3.63) is 71.3 Å². The molecule has 2 aromatic heterocycles. The Morgan fingerprint density at radius 3 is 2.72 bits per heavy atom. The van der Waals surface area contributed by atoms with Crippen LogP contribution in [-0.4, -0.2) is 34.1 Å². The summed E-state index contributed by atoms with van der Waals surface area (Å²) in [5, 5.41) is 1.38. The van der Waals surface area contributed by atoms with Crippen LogP contribution < -0.4 is 9.64 Å². The summed E-state index contributed by atoms with van der Waals surface area (Å²) < 4.78 is 8.20. The highest BCUT2D eigenvalue weighted by molar-refractivity contribution is 7.22. The minimum atomic E-state index is 0. The van der Waals surface area contributed by atoms with Crippen molar-refractivity contribution in [1.29, 1.82) is 0 Å². The van der Waals surface area contributed by atoms with Crippen LogP contribution in [0.15, 0.2) is 55.1 Å². The summed E-state index contributed by atoms with van der Waals surface area (Å²) in [6.45, 7) is 3.34. The normalized spacial score (nSPS) is 10.7. The van der Waals surface area contributed by atoms with E-state index in [4.69, 9.17) is 21.3 Å². The van der Waals surface area contributed by atoms with Gasteiger partial charge in [0, 0.05) is 30.5 Å². The molecule has 32 heavy (non-hydrogen) atoms. The first kappa shape index (κ1) is 24.0. The standard InChI is InChI=1S/C23H23ClN4O2S.ClH/c1-16-12-18(24)14-20-22(16)26-23(31-20)28(10-3-9-27-11-8-25-15-27)21(29)13-17-4-6-19(30-2)7-5-17;/h4-8,11-12,14-15H,3,9-10,13H2,1-2H3;1H. The monoisotopic (exact) mass is 490 g/mol. The van der Waals surface area contributed by atoms with E-state index in [1.54, 1.807) is 24.5 Å². The molecule has 0 spiro atoms. The highest BCUT2D eigenvalue weighted by Gasteiger charge is 2.21. The quantitative estimate of drug-likeness (QED) is 0.324. The van der Waals surface area contributed by atoms with E-state index < -0.39 is 0 Å². The van der Waals surface area contributed by atoms with Gasteiger partial charge in [0.15, 0.2) is 5.13 Å². The molecule has 0 N–H and O–H groups in total. The molecule has 0 bridgehead atoms. The fraction of sp³-hybridized carbons (Fsp3) is 0.261. The molecular formula is C23H24Cl2N4O2S. The lowest BCUT2D eigenvalue weighted by Gasteiger charge is -2.20. The molecule has 4 rings (SSSR count). The number of hydrogen-bond donors (Lipinski definition) is 0. The van der Waals surface area contributed by atoms with Crippen LogP contribution in [0.3, 0.4) is 0 Å². The highest BCUT2D eigenvalue weighted by atomic mass is 35.5.